The minimum absolute atomic E-state index is 0.00358. The maximum atomic E-state index is 14.0. The second-order valence-electron chi connectivity index (χ2n) is 11.0. The topological polar surface area (TPSA) is 105 Å². The Bertz CT molecular complexity index is 1710. The van der Waals surface area contributed by atoms with Crippen molar-refractivity contribution in [3.05, 3.63) is 131 Å². The van der Waals surface area contributed by atoms with Crippen molar-refractivity contribution in [1.29, 1.82) is 0 Å². The van der Waals surface area contributed by atoms with Crippen molar-refractivity contribution in [2.75, 3.05) is 7.11 Å². The molecule has 0 spiro atoms. The molecular weight excluding hydrogens is 593 g/mol. The van der Waals surface area contributed by atoms with Gasteiger partial charge in [-0.2, -0.15) is 0 Å². The lowest BCUT2D eigenvalue weighted by Gasteiger charge is -2.32. The summed E-state index contributed by atoms with van der Waals surface area (Å²) in [6, 6.07) is 27.8. The SMILES string of the molecule is COc1ccccc1CNC(=O)[C@H](c1ccccc1)N(Cc1ccc(F)cc1)C(=O)CCc1ccc(S(=O)(=O)NC2CC2)cc1. The first-order valence-corrected chi connectivity index (χ1v) is 16.3. The Kier molecular flexibility index (Phi) is 10.3. The van der Waals surface area contributed by atoms with Crippen LogP contribution in [-0.2, 0) is 39.1 Å². The number of hydrogen-bond acceptors (Lipinski definition) is 5. The number of carbonyl (C=O) groups excluding carboxylic acids is 2. The molecule has 0 unspecified atom stereocenters. The van der Waals surface area contributed by atoms with Gasteiger partial charge in [0.25, 0.3) is 0 Å². The highest BCUT2D eigenvalue weighted by atomic mass is 32.2. The first kappa shape index (κ1) is 31.9. The summed E-state index contributed by atoms with van der Waals surface area (Å²) in [5.41, 5.74) is 2.87. The number of rotatable bonds is 14. The minimum atomic E-state index is -3.58. The summed E-state index contributed by atoms with van der Waals surface area (Å²) < 4.78 is 47.0. The van der Waals surface area contributed by atoms with Crippen molar-refractivity contribution in [2.45, 2.75) is 55.8 Å². The number of halogens is 1. The molecule has 0 heterocycles. The van der Waals surface area contributed by atoms with Gasteiger partial charge in [0.15, 0.2) is 0 Å². The van der Waals surface area contributed by atoms with Crippen LogP contribution in [0.3, 0.4) is 0 Å². The number of para-hydroxylation sites is 1. The Morgan fingerprint density at radius 1 is 0.889 bits per heavy atom. The molecule has 1 aliphatic rings. The predicted octanol–water partition coefficient (Wildman–Crippen LogP) is 5.29. The van der Waals surface area contributed by atoms with E-state index in [1.54, 1.807) is 55.6 Å². The summed E-state index contributed by atoms with van der Waals surface area (Å²) >= 11 is 0. The maximum Gasteiger partial charge on any atom is 0.247 e. The molecular formula is C35H36FN3O5S. The molecule has 0 aromatic heterocycles. The van der Waals surface area contributed by atoms with Crippen molar-refractivity contribution < 1.29 is 27.1 Å². The van der Waals surface area contributed by atoms with Crippen molar-refractivity contribution in [2.24, 2.45) is 0 Å². The van der Waals surface area contributed by atoms with E-state index in [9.17, 15) is 22.4 Å². The summed E-state index contributed by atoms with van der Waals surface area (Å²) in [5.74, 6) is -0.424. The van der Waals surface area contributed by atoms with Crippen LogP contribution >= 0.6 is 0 Å². The third-order valence-corrected chi connectivity index (χ3v) is 9.20. The maximum absolute atomic E-state index is 14.0. The molecule has 0 aliphatic heterocycles. The van der Waals surface area contributed by atoms with E-state index in [2.05, 4.69) is 10.0 Å². The molecule has 1 atom stereocenters. The lowest BCUT2D eigenvalue weighted by atomic mass is 10.0. The first-order valence-electron chi connectivity index (χ1n) is 14.8. The first-order chi connectivity index (χ1) is 21.7. The van der Waals surface area contributed by atoms with Gasteiger partial charge in [0.05, 0.1) is 12.0 Å². The van der Waals surface area contributed by atoms with E-state index in [1.165, 1.54) is 17.0 Å². The molecule has 8 nitrogen and oxygen atoms in total. The van der Waals surface area contributed by atoms with E-state index in [0.717, 1.165) is 24.0 Å². The van der Waals surface area contributed by atoms with Crippen LogP contribution in [0.1, 0.15) is 47.6 Å². The van der Waals surface area contributed by atoms with Crippen LogP contribution in [0.15, 0.2) is 108 Å². The number of methoxy groups -OCH3 is 1. The molecule has 1 aliphatic carbocycles. The predicted molar refractivity (Wildman–Crippen MR) is 169 cm³/mol. The van der Waals surface area contributed by atoms with Gasteiger partial charge >= 0.3 is 0 Å². The summed E-state index contributed by atoms with van der Waals surface area (Å²) in [5, 5.41) is 2.98. The van der Waals surface area contributed by atoms with Gasteiger partial charge < -0.3 is 15.0 Å². The number of aryl methyl sites for hydroxylation is 1. The Morgan fingerprint density at radius 2 is 1.53 bits per heavy atom. The molecule has 234 valence electrons. The van der Waals surface area contributed by atoms with Gasteiger partial charge in [-0.1, -0.05) is 72.8 Å². The van der Waals surface area contributed by atoms with Crippen molar-refractivity contribution in [3.63, 3.8) is 0 Å². The number of sulfonamides is 1. The van der Waals surface area contributed by atoms with Gasteiger partial charge in [-0.05, 0) is 66.3 Å². The highest BCUT2D eigenvalue weighted by molar-refractivity contribution is 7.89. The number of nitrogens with zero attached hydrogens (tertiary/aromatic N) is 1. The Labute approximate surface area is 263 Å². The standard InChI is InChI=1S/C35H36FN3O5S/c1-44-32-10-6-5-9-28(32)23-37-35(41)34(27-7-3-2-4-8-27)39(24-26-11-16-29(36)17-12-26)33(40)22-15-25-13-20-31(21-14-25)45(42,43)38-30-18-19-30/h2-14,16-17,20-21,30,34,38H,15,18-19,22-24H2,1H3,(H,37,41)/t34-/m0/s1. The van der Waals surface area contributed by atoms with Crippen LogP contribution in [0.25, 0.3) is 0 Å². The lowest BCUT2D eigenvalue weighted by Crippen LogP contribution is -2.43. The normalized spacial score (nSPS) is 13.6. The number of nitrogens with one attached hydrogen (secondary N) is 2. The second kappa shape index (κ2) is 14.5. The van der Waals surface area contributed by atoms with Crippen LogP contribution < -0.4 is 14.8 Å². The molecule has 1 saturated carbocycles. The quantitative estimate of drug-likeness (QED) is 0.197. The number of carbonyl (C=O) groups is 2. The number of benzene rings is 4. The molecule has 5 rings (SSSR count). The van der Waals surface area contributed by atoms with Crippen molar-refractivity contribution >= 4 is 21.8 Å². The van der Waals surface area contributed by atoms with E-state index < -0.39 is 21.9 Å². The van der Waals surface area contributed by atoms with E-state index >= 15 is 0 Å². The fraction of sp³-hybridized carbons (Fsp3) is 0.257. The Hall–Kier alpha value is -4.54. The molecule has 2 amide bonds. The van der Waals surface area contributed by atoms with Gasteiger partial charge in [0.2, 0.25) is 21.8 Å². The Morgan fingerprint density at radius 3 is 2.20 bits per heavy atom. The van der Waals surface area contributed by atoms with Crippen molar-refractivity contribution in [3.8, 4) is 5.75 Å². The summed E-state index contributed by atoms with van der Waals surface area (Å²) in [6.07, 6.45) is 2.09. The van der Waals surface area contributed by atoms with E-state index in [0.29, 0.717) is 23.3 Å². The highest BCUT2D eigenvalue weighted by Crippen LogP contribution is 2.27. The molecule has 0 bridgehead atoms. The monoisotopic (exact) mass is 629 g/mol. The smallest absolute Gasteiger partial charge is 0.247 e. The summed E-state index contributed by atoms with van der Waals surface area (Å²) in [4.78, 5) is 29.6. The van der Waals surface area contributed by atoms with Crippen LogP contribution in [0.2, 0.25) is 0 Å². The fourth-order valence-electron chi connectivity index (χ4n) is 5.06. The molecule has 10 heteroatoms. The van der Waals surface area contributed by atoms with Gasteiger partial charge in [-0.25, -0.2) is 17.5 Å². The summed E-state index contributed by atoms with van der Waals surface area (Å²) in [6.45, 7) is 0.264. The summed E-state index contributed by atoms with van der Waals surface area (Å²) in [7, 11) is -2.02. The highest BCUT2D eigenvalue weighted by Gasteiger charge is 2.32. The van der Waals surface area contributed by atoms with Gasteiger partial charge in [0.1, 0.15) is 17.6 Å². The molecule has 1 fully saturated rings. The number of amides is 2. The second-order valence-corrected chi connectivity index (χ2v) is 12.7. The zero-order chi connectivity index (χ0) is 31.8. The van der Waals surface area contributed by atoms with Gasteiger partial charge in [0, 0.05) is 31.1 Å². The van der Waals surface area contributed by atoms with E-state index in [4.69, 9.17) is 4.74 Å². The molecule has 45 heavy (non-hydrogen) atoms. The Balaban J connectivity index is 1.38. The van der Waals surface area contributed by atoms with E-state index in [1.807, 2.05) is 42.5 Å². The zero-order valence-electron chi connectivity index (χ0n) is 25.0. The van der Waals surface area contributed by atoms with Crippen molar-refractivity contribution in [1.82, 2.24) is 14.9 Å². The molecule has 0 radical (unpaired) electrons. The average molecular weight is 630 g/mol. The number of hydrogen-bond donors (Lipinski definition) is 2. The third-order valence-electron chi connectivity index (χ3n) is 7.67. The van der Waals surface area contributed by atoms with E-state index in [-0.39, 0.29) is 42.3 Å². The van der Waals surface area contributed by atoms with Gasteiger partial charge in [-0.3, -0.25) is 9.59 Å². The van der Waals surface area contributed by atoms with Crippen LogP contribution in [0.4, 0.5) is 4.39 Å². The molecule has 4 aromatic rings. The zero-order valence-corrected chi connectivity index (χ0v) is 25.8. The molecule has 0 saturated heterocycles. The van der Waals surface area contributed by atoms with Gasteiger partial charge in [-0.15, -0.1) is 0 Å². The number of ether oxygens (including phenoxy) is 1. The molecule has 4 aromatic carbocycles. The lowest BCUT2D eigenvalue weighted by molar-refractivity contribution is -0.141. The average Bonchev–Trinajstić information content (AvgIpc) is 3.87. The third kappa shape index (κ3) is 8.55. The van der Waals surface area contributed by atoms with Crippen LogP contribution in [-0.4, -0.2) is 38.3 Å². The molecule has 2 N–H and O–H groups in total. The fourth-order valence-corrected chi connectivity index (χ4v) is 6.37. The van der Waals surface area contributed by atoms with Crippen LogP contribution in [0.5, 0.6) is 5.75 Å². The minimum Gasteiger partial charge on any atom is -0.496 e. The largest absolute Gasteiger partial charge is 0.496 e. The van der Waals surface area contributed by atoms with Crippen LogP contribution in [0, 0.1) is 5.82 Å².